The monoisotopic (exact) mass is 242 g/mol. The van der Waals surface area contributed by atoms with Crippen LogP contribution in [0.15, 0.2) is 0 Å². The van der Waals surface area contributed by atoms with Gasteiger partial charge in [0.25, 0.3) is 0 Å². The number of hydrogen-bond donors (Lipinski definition) is 3. The molecule has 0 fully saturated rings. The quantitative estimate of drug-likeness (QED) is 0.499. The molecule has 0 heterocycles. The molecule has 0 aliphatic heterocycles. The smallest absolute Gasteiger partial charge is 0.237 e. The molecule has 0 spiro atoms. The lowest BCUT2D eigenvalue weighted by Crippen LogP contribution is -2.48. The van der Waals surface area contributed by atoms with Gasteiger partial charge in [-0.2, -0.15) is 0 Å². The van der Waals surface area contributed by atoms with E-state index in [9.17, 15) is 9.59 Å². The lowest BCUT2D eigenvalue weighted by Gasteiger charge is -2.20. The molecule has 17 heavy (non-hydrogen) atoms. The van der Waals surface area contributed by atoms with Gasteiger partial charge in [-0.05, 0) is 25.3 Å². The summed E-state index contributed by atoms with van der Waals surface area (Å²) in [6.07, 6.45) is 4.93. The van der Waals surface area contributed by atoms with E-state index in [0.29, 0.717) is 13.0 Å². The van der Waals surface area contributed by atoms with Crippen molar-refractivity contribution in [3.63, 3.8) is 0 Å². The van der Waals surface area contributed by atoms with E-state index in [0.717, 1.165) is 19.3 Å². The Hall–Kier alpha value is -0.940. The minimum atomic E-state index is -0.568. The van der Waals surface area contributed by atoms with Crippen molar-refractivity contribution >= 4 is 12.2 Å². The first-order chi connectivity index (χ1) is 8.06. The highest BCUT2D eigenvalue weighted by Gasteiger charge is 2.21. The second-order valence-electron chi connectivity index (χ2n) is 4.38. The average molecular weight is 242 g/mol. The molecule has 1 amide bonds. The predicted molar refractivity (Wildman–Crippen MR) is 68.0 cm³/mol. The van der Waals surface area contributed by atoms with Crippen LogP contribution >= 0.6 is 0 Å². The minimum Gasteiger partial charge on any atom is -0.344 e. The lowest BCUT2D eigenvalue weighted by molar-refractivity contribution is -0.123. The van der Waals surface area contributed by atoms with Crippen LogP contribution in [0.3, 0.4) is 0 Å². The summed E-state index contributed by atoms with van der Waals surface area (Å²) < 4.78 is 0. The first kappa shape index (κ1) is 16.1. The Morgan fingerprint density at radius 2 is 2.06 bits per heavy atom. The molecule has 99 valence electrons. The number of amides is 1. The van der Waals surface area contributed by atoms with Gasteiger partial charge in [-0.15, -0.1) is 0 Å². The standard InChI is InChI=1S/C12H24N3O2/c1-3-9(2)11(8-16)15-12(17)10(14)6-4-5-7-13/h9-11H,3-7,13-14H2,1-2H3,(H,15,17)/t9-,10-,11+/m0/s1. The number of nitrogens with one attached hydrogen (secondary N) is 1. The van der Waals surface area contributed by atoms with Gasteiger partial charge in [0.15, 0.2) is 0 Å². The van der Waals surface area contributed by atoms with Crippen LogP contribution in [0.1, 0.15) is 39.5 Å². The molecule has 5 nitrogen and oxygen atoms in total. The second kappa shape index (κ2) is 9.13. The molecule has 0 bridgehead atoms. The van der Waals surface area contributed by atoms with Gasteiger partial charge in [-0.1, -0.05) is 26.7 Å². The van der Waals surface area contributed by atoms with Crippen molar-refractivity contribution in [2.45, 2.75) is 51.6 Å². The molecule has 0 saturated carbocycles. The van der Waals surface area contributed by atoms with Gasteiger partial charge in [-0.25, -0.2) is 0 Å². The molecule has 1 radical (unpaired) electrons. The van der Waals surface area contributed by atoms with E-state index < -0.39 is 12.1 Å². The third-order valence-corrected chi connectivity index (χ3v) is 2.94. The topological polar surface area (TPSA) is 98.2 Å². The van der Waals surface area contributed by atoms with Crippen molar-refractivity contribution in [3.8, 4) is 0 Å². The third-order valence-electron chi connectivity index (χ3n) is 2.94. The Kier molecular flexibility index (Phi) is 8.62. The van der Waals surface area contributed by atoms with Crippen LogP contribution in [0.2, 0.25) is 0 Å². The van der Waals surface area contributed by atoms with Crippen molar-refractivity contribution in [3.05, 3.63) is 0 Å². The Bertz CT molecular complexity index is 234. The highest BCUT2D eigenvalue weighted by Crippen LogP contribution is 2.06. The number of rotatable bonds is 9. The molecule has 0 rings (SSSR count). The van der Waals surface area contributed by atoms with Crippen LogP contribution in [0.4, 0.5) is 0 Å². The third kappa shape index (κ3) is 6.38. The molecule has 3 atom stereocenters. The summed E-state index contributed by atoms with van der Waals surface area (Å²) in [5, 5.41) is 2.63. The summed E-state index contributed by atoms with van der Waals surface area (Å²) in [6.45, 7) is 4.46. The van der Waals surface area contributed by atoms with Gasteiger partial charge in [0.05, 0.1) is 12.1 Å². The maximum absolute atomic E-state index is 11.7. The zero-order valence-corrected chi connectivity index (χ0v) is 10.7. The molecule has 0 aliphatic carbocycles. The van der Waals surface area contributed by atoms with E-state index in [1.165, 1.54) is 0 Å². The first-order valence-electron chi connectivity index (χ1n) is 6.20. The van der Waals surface area contributed by atoms with E-state index in [1.54, 1.807) is 0 Å². The van der Waals surface area contributed by atoms with E-state index in [4.69, 9.17) is 11.5 Å². The van der Waals surface area contributed by atoms with E-state index in [2.05, 4.69) is 5.32 Å². The van der Waals surface area contributed by atoms with Crippen molar-refractivity contribution in [2.24, 2.45) is 17.4 Å². The van der Waals surface area contributed by atoms with Gasteiger partial charge < -0.3 is 16.8 Å². The Morgan fingerprint density at radius 3 is 2.53 bits per heavy atom. The Balaban J connectivity index is 4.08. The van der Waals surface area contributed by atoms with Gasteiger partial charge in [0.2, 0.25) is 12.2 Å². The predicted octanol–water partition coefficient (Wildman–Crippen LogP) is 0.0833. The number of nitrogens with two attached hydrogens (primary N) is 2. The van der Waals surface area contributed by atoms with Crippen molar-refractivity contribution in [1.82, 2.24) is 5.32 Å². The lowest BCUT2D eigenvalue weighted by atomic mass is 9.99. The summed E-state index contributed by atoms with van der Waals surface area (Å²) in [6, 6.07) is -1.13. The van der Waals surface area contributed by atoms with E-state index in [-0.39, 0.29) is 11.8 Å². The fraction of sp³-hybridized carbons (Fsp3) is 0.833. The summed E-state index contributed by atoms with van der Waals surface area (Å²) >= 11 is 0. The SMILES string of the molecule is CC[C@H](C)[C@@H]([C]=O)NC(=O)[C@@H](N)CCCCN. The maximum atomic E-state index is 11.7. The Labute approximate surface area is 103 Å². The summed E-state index contributed by atoms with van der Waals surface area (Å²) in [7, 11) is 0. The van der Waals surface area contributed by atoms with Crippen LogP contribution < -0.4 is 16.8 Å². The van der Waals surface area contributed by atoms with E-state index in [1.807, 2.05) is 20.1 Å². The number of hydrogen-bond acceptors (Lipinski definition) is 4. The minimum absolute atomic E-state index is 0.0766. The molecule has 0 unspecified atom stereocenters. The number of unbranched alkanes of at least 4 members (excludes halogenated alkanes) is 1. The molecule has 5 N–H and O–H groups in total. The molecular formula is C12H24N3O2. The summed E-state index contributed by atoms with van der Waals surface area (Å²) in [5.41, 5.74) is 11.1. The van der Waals surface area contributed by atoms with Crippen LogP contribution in [0, 0.1) is 5.92 Å². The average Bonchev–Trinajstić information content (AvgIpc) is 2.34. The first-order valence-corrected chi connectivity index (χ1v) is 6.20. The van der Waals surface area contributed by atoms with Crippen molar-refractivity contribution in [1.29, 1.82) is 0 Å². The molecule has 0 aromatic heterocycles. The van der Waals surface area contributed by atoms with Gasteiger partial charge in [0, 0.05) is 0 Å². The molecule has 0 aromatic carbocycles. The molecule has 5 heteroatoms. The van der Waals surface area contributed by atoms with Crippen LogP contribution in [-0.4, -0.2) is 30.8 Å². The van der Waals surface area contributed by atoms with Gasteiger partial charge >= 0.3 is 0 Å². The molecule has 0 saturated heterocycles. The molecule has 0 aliphatic rings. The Morgan fingerprint density at radius 1 is 1.41 bits per heavy atom. The molecule has 0 aromatic rings. The van der Waals surface area contributed by atoms with Crippen LogP contribution in [0.5, 0.6) is 0 Å². The zero-order chi connectivity index (χ0) is 13.3. The molecular weight excluding hydrogens is 218 g/mol. The summed E-state index contributed by atoms with van der Waals surface area (Å²) in [4.78, 5) is 22.4. The number of carbonyl (C=O) groups excluding carboxylic acids is 2. The fourth-order valence-corrected chi connectivity index (χ4v) is 1.42. The van der Waals surface area contributed by atoms with Crippen LogP contribution in [0.25, 0.3) is 0 Å². The van der Waals surface area contributed by atoms with Gasteiger partial charge in [0.1, 0.15) is 0 Å². The van der Waals surface area contributed by atoms with Crippen LogP contribution in [-0.2, 0) is 9.59 Å². The maximum Gasteiger partial charge on any atom is 0.237 e. The normalized spacial score (nSPS) is 16.0. The number of carbonyl (C=O) groups is 1. The highest BCUT2D eigenvalue weighted by molar-refractivity contribution is 5.84. The fourth-order valence-electron chi connectivity index (χ4n) is 1.42. The van der Waals surface area contributed by atoms with Crippen molar-refractivity contribution < 1.29 is 9.59 Å². The highest BCUT2D eigenvalue weighted by atomic mass is 16.2. The van der Waals surface area contributed by atoms with E-state index >= 15 is 0 Å². The summed E-state index contributed by atoms with van der Waals surface area (Å²) in [5.74, 6) is -0.205. The van der Waals surface area contributed by atoms with Crippen molar-refractivity contribution in [2.75, 3.05) is 6.54 Å². The largest absolute Gasteiger partial charge is 0.344 e. The second-order valence-corrected chi connectivity index (χ2v) is 4.38. The zero-order valence-electron chi connectivity index (χ0n) is 10.7. The van der Waals surface area contributed by atoms with Gasteiger partial charge in [-0.3, -0.25) is 9.59 Å².